The average Bonchev–Trinajstić information content (AvgIpc) is 2.99. The van der Waals surface area contributed by atoms with Gasteiger partial charge in [0.15, 0.2) is 11.6 Å². The fourth-order valence-corrected chi connectivity index (χ4v) is 6.17. The summed E-state index contributed by atoms with van der Waals surface area (Å²) in [6, 6.07) is 27.9. The Labute approximate surface area is 252 Å². The third-order valence-corrected chi connectivity index (χ3v) is 8.43. The molecule has 43 heavy (non-hydrogen) atoms. The van der Waals surface area contributed by atoms with Crippen LogP contribution in [0.5, 0.6) is 0 Å². The molecule has 1 fully saturated rings. The molecule has 1 heterocycles. The first-order valence-corrected chi connectivity index (χ1v) is 14.7. The van der Waals surface area contributed by atoms with Crippen molar-refractivity contribution in [2.45, 2.75) is 51.7 Å². The SMILES string of the molecule is C[C@@H](OC(=O)N(CC1CCN(c2c(F)cc(C#N)cc2F)CC1c1ccccc1)C(C)(C)C)c1cccc2ccccc12. The minimum absolute atomic E-state index is 0.0165. The minimum atomic E-state index is -0.746. The number of rotatable bonds is 6. The number of nitrogens with zero attached hydrogens (tertiary/aromatic N) is 3. The van der Waals surface area contributed by atoms with Gasteiger partial charge in [0.25, 0.3) is 0 Å². The highest BCUT2D eigenvalue weighted by atomic mass is 19.1. The van der Waals surface area contributed by atoms with Gasteiger partial charge in [-0.1, -0.05) is 72.8 Å². The number of amides is 1. The fourth-order valence-electron chi connectivity index (χ4n) is 6.17. The Hall–Kier alpha value is -4.44. The first-order chi connectivity index (χ1) is 20.6. The summed E-state index contributed by atoms with van der Waals surface area (Å²) in [5.41, 5.74) is 1.29. The molecule has 0 bridgehead atoms. The van der Waals surface area contributed by atoms with Crippen LogP contribution in [0.3, 0.4) is 0 Å². The Morgan fingerprint density at radius 1 is 1.02 bits per heavy atom. The smallest absolute Gasteiger partial charge is 0.410 e. The second-order valence-electron chi connectivity index (χ2n) is 12.3. The van der Waals surface area contributed by atoms with Gasteiger partial charge in [-0.15, -0.1) is 0 Å². The first kappa shape index (κ1) is 30.0. The van der Waals surface area contributed by atoms with E-state index in [1.807, 2.05) is 107 Å². The summed E-state index contributed by atoms with van der Waals surface area (Å²) in [6.07, 6.45) is -0.249. The van der Waals surface area contributed by atoms with Crippen LogP contribution in [0.25, 0.3) is 10.8 Å². The number of hydrogen-bond acceptors (Lipinski definition) is 4. The molecule has 7 heteroatoms. The maximum absolute atomic E-state index is 15.0. The molecule has 0 N–H and O–H groups in total. The van der Waals surface area contributed by atoms with E-state index in [1.165, 1.54) is 0 Å². The normalized spacial score (nSPS) is 17.7. The van der Waals surface area contributed by atoms with Crippen molar-refractivity contribution in [3.05, 3.63) is 113 Å². The third-order valence-electron chi connectivity index (χ3n) is 8.43. The molecule has 5 nitrogen and oxygen atoms in total. The van der Waals surface area contributed by atoms with E-state index in [2.05, 4.69) is 0 Å². The number of nitriles is 1. The first-order valence-electron chi connectivity index (χ1n) is 14.7. The van der Waals surface area contributed by atoms with Crippen LogP contribution in [0.1, 0.15) is 62.8 Å². The molecule has 1 aliphatic rings. The molecule has 222 valence electrons. The molecule has 0 spiro atoms. The Morgan fingerprint density at radius 3 is 2.35 bits per heavy atom. The highest BCUT2D eigenvalue weighted by molar-refractivity contribution is 5.86. The van der Waals surface area contributed by atoms with Gasteiger partial charge in [0.1, 0.15) is 11.8 Å². The highest BCUT2D eigenvalue weighted by Crippen LogP contribution is 2.38. The second-order valence-corrected chi connectivity index (χ2v) is 12.3. The predicted molar refractivity (Wildman–Crippen MR) is 166 cm³/mol. The molecule has 4 aromatic rings. The molecule has 4 aromatic carbocycles. The van der Waals surface area contributed by atoms with Crippen LogP contribution in [0.2, 0.25) is 0 Å². The summed E-state index contributed by atoms with van der Waals surface area (Å²) in [5.74, 6) is -1.58. The van der Waals surface area contributed by atoms with Crippen LogP contribution in [-0.2, 0) is 4.74 Å². The van der Waals surface area contributed by atoms with Crippen molar-refractivity contribution in [3.8, 4) is 6.07 Å². The van der Waals surface area contributed by atoms with E-state index in [-0.39, 0.29) is 23.1 Å². The summed E-state index contributed by atoms with van der Waals surface area (Å²) in [7, 11) is 0. The van der Waals surface area contributed by atoms with Crippen LogP contribution >= 0.6 is 0 Å². The van der Waals surface area contributed by atoms with Crippen LogP contribution in [0, 0.1) is 28.9 Å². The molecule has 0 saturated carbocycles. The highest BCUT2D eigenvalue weighted by Gasteiger charge is 2.38. The summed E-state index contributed by atoms with van der Waals surface area (Å²) in [5, 5.41) is 11.3. The summed E-state index contributed by atoms with van der Waals surface area (Å²) < 4.78 is 36.2. The Morgan fingerprint density at radius 2 is 1.67 bits per heavy atom. The molecule has 2 unspecified atom stereocenters. The molecule has 1 amide bonds. The van der Waals surface area contributed by atoms with Crippen LogP contribution in [0.4, 0.5) is 19.3 Å². The van der Waals surface area contributed by atoms with Crippen molar-refractivity contribution in [2.24, 2.45) is 5.92 Å². The molecular formula is C36H37F2N3O2. The fraction of sp³-hybridized carbons (Fsp3) is 0.333. The molecule has 1 saturated heterocycles. The zero-order valence-electron chi connectivity index (χ0n) is 25.1. The third kappa shape index (κ3) is 6.49. The molecule has 3 atom stereocenters. The van der Waals surface area contributed by atoms with Gasteiger partial charge < -0.3 is 14.5 Å². The van der Waals surface area contributed by atoms with E-state index >= 15 is 8.78 Å². The molecule has 0 radical (unpaired) electrons. The van der Waals surface area contributed by atoms with Crippen molar-refractivity contribution in [2.75, 3.05) is 24.5 Å². The van der Waals surface area contributed by atoms with E-state index in [0.717, 1.165) is 34.0 Å². The van der Waals surface area contributed by atoms with Crippen LogP contribution in [-0.4, -0.2) is 36.2 Å². The van der Waals surface area contributed by atoms with E-state index in [1.54, 1.807) is 9.80 Å². The number of fused-ring (bicyclic) bond motifs is 1. The van der Waals surface area contributed by atoms with Crippen molar-refractivity contribution in [1.82, 2.24) is 4.90 Å². The molecular weight excluding hydrogens is 544 g/mol. The maximum Gasteiger partial charge on any atom is 0.410 e. The van der Waals surface area contributed by atoms with E-state index < -0.39 is 29.4 Å². The van der Waals surface area contributed by atoms with Crippen molar-refractivity contribution in [1.29, 1.82) is 5.26 Å². The van der Waals surface area contributed by atoms with Crippen LogP contribution < -0.4 is 4.90 Å². The van der Waals surface area contributed by atoms with Gasteiger partial charge in [0.05, 0.1) is 11.6 Å². The summed E-state index contributed by atoms with van der Waals surface area (Å²) >= 11 is 0. The minimum Gasteiger partial charge on any atom is -0.441 e. The summed E-state index contributed by atoms with van der Waals surface area (Å²) in [4.78, 5) is 17.3. The lowest BCUT2D eigenvalue weighted by molar-refractivity contribution is 0.0325. The number of anilines is 1. The predicted octanol–water partition coefficient (Wildman–Crippen LogP) is 8.60. The van der Waals surface area contributed by atoms with Gasteiger partial charge in [-0.2, -0.15) is 5.26 Å². The molecule has 1 aliphatic heterocycles. The molecule has 0 aliphatic carbocycles. The topological polar surface area (TPSA) is 56.6 Å². The average molecular weight is 582 g/mol. The van der Waals surface area contributed by atoms with Crippen LogP contribution in [0.15, 0.2) is 84.9 Å². The Kier molecular flexibility index (Phi) is 8.68. The van der Waals surface area contributed by atoms with Crippen molar-refractivity contribution >= 4 is 22.6 Å². The van der Waals surface area contributed by atoms with Gasteiger partial charge in [-0.3, -0.25) is 0 Å². The number of benzene rings is 4. The molecule has 5 rings (SSSR count). The Balaban J connectivity index is 1.40. The number of carbonyl (C=O) groups excluding carboxylic acids is 1. The largest absolute Gasteiger partial charge is 0.441 e. The van der Waals surface area contributed by atoms with E-state index in [9.17, 15) is 4.79 Å². The summed E-state index contributed by atoms with van der Waals surface area (Å²) in [6.45, 7) is 9.07. The van der Waals surface area contributed by atoms with Gasteiger partial charge in [0.2, 0.25) is 0 Å². The van der Waals surface area contributed by atoms with Gasteiger partial charge in [-0.25, -0.2) is 13.6 Å². The lowest BCUT2D eigenvalue weighted by Gasteiger charge is -2.44. The lowest BCUT2D eigenvalue weighted by atomic mass is 9.79. The van der Waals surface area contributed by atoms with Crippen molar-refractivity contribution < 1.29 is 18.3 Å². The van der Waals surface area contributed by atoms with Gasteiger partial charge in [0, 0.05) is 36.7 Å². The second kappa shape index (κ2) is 12.4. The monoisotopic (exact) mass is 581 g/mol. The van der Waals surface area contributed by atoms with Gasteiger partial charge in [-0.05, 0) is 68.5 Å². The lowest BCUT2D eigenvalue weighted by Crippen LogP contribution is -2.51. The maximum atomic E-state index is 15.0. The number of carbonyl (C=O) groups is 1. The number of piperidine rings is 1. The zero-order valence-corrected chi connectivity index (χ0v) is 25.1. The van der Waals surface area contributed by atoms with Gasteiger partial charge >= 0.3 is 6.09 Å². The van der Waals surface area contributed by atoms with Crippen molar-refractivity contribution in [3.63, 3.8) is 0 Å². The standard InChI is InChI=1S/C36H37F2N3O2/c1-24(29-16-10-14-26-13-8-9-15-30(26)29)43-35(42)41(36(2,3)4)22-28-17-18-40(23-31(28)27-11-6-5-7-12-27)34-32(37)19-25(21-39)20-33(34)38/h5-16,19-20,24,28,31H,17-18,22-23H2,1-4H3/t24-,28?,31?/m1/s1. The zero-order chi connectivity index (χ0) is 30.7. The van der Waals surface area contributed by atoms with E-state index in [0.29, 0.717) is 26.1 Å². The number of hydrogen-bond donors (Lipinski definition) is 0. The molecule has 0 aromatic heterocycles. The van der Waals surface area contributed by atoms with E-state index in [4.69, 9.17) is 10.00 Å². The number of halogens is 2. The quantitative estimate of drug-likeness (QED) is 0.229. The Bertz CT molecular complexity index is 1620. The number of ether oxygens (including phenoxy) is 1.